The Kier molecular flexibility index (Phi) is 6.23. The number of amides is 1. The van der Waals surface area contributed by atoms with Crippen LogP contribution in [0.3, 0.4) is 0 Å². The normalized spacial score (nSPS) is 11.4. The van der Waals surface area contributed by atoms with Gasteiger partial charge in [-0.3, -0.25) is 4.79 Å². The molecule has 0 aliphatic carbocycles. The lowest BCUT2D eigenvalue weighted by Crippen LogP contribution is -2.35. The van der Waals surface area contributed by atoms with E-state index in [1.54, 1.807) is 20.3 Å². The summed E-state index contributed by atoms with van der Waals surface area (Å²) in [6, 6.07) is 15.7. The number of rotatable bonds is 7. The number of carbonyl (C=O) groups excluding carboxylic acids is 1. The number of hydrogen-bond donors (Lipinski definition) is 1. The monoisotopic (exact) mass is 339 g/mol. The van der Waals surface area contributed by atoms with Gasteiger partial charge >= 0.3 is 0 Å². The molecule has 0 unspecified atom stereocenters. The lowest BCUT2D eigenvalue weighted by molar-refractivity contribution is -0.116. The summed E-state index contributed by atoms with van der Waals surface area (Å²) in [6.45, 7) is 4.79. The van der Waals surface area contributed by atoms with Crippen LogP contribution in [0.1, 0.15) is 25.0 Å². The van der Waals surface area contributed by atoms with Crippen LogP contribution in [-0.4, -0.2) is 26.7 Å². The van der Waals surface area contributed by atoms with Crippen molar-refractivity contribution in [2.75, 3.05) is 20.8 Å². The summed E-state index contributed by atoms with van der Waals surface area (Å²) in [4.78, 5) is 12.1. The second kappa shape index (κ2) is 8.38. The molecule has 132 valence electrons. The zero-order valence-electron chi connectivity index (χ0n) is 15.2. The number of methoxy groups -OCH3 is 2. The maximum absolute atomic E-state index is 12.1. The van der Waals surface area contributed by atoms with E-state index in [0.29, 0.717) is 18.0 Å². The van der Waals surface area contributed by atoms with Gasteiger partial charge in [-0.05, 0) is 29.3 Å². The van der Waals surface area contributed by atoms with E-state index in [-0.39, 0.29) is 11.3 Å². The first-order valence-electron chi connectivity index (χ1n) is 8.20. The van der Waals surface area contributed by atoms with E-state index in [9.17, 15) is 4.79 Å². The molecule has 2 aromatic rings. The summed E-state index contributed by atoms with van der Waals surface area (Å²) in [7, 11) is 3.18. The molecule has 1 N–H and O–H groups in total. The SMILES string of the molecule is COc1ccc(/C=C/C(=O)NCC(C)(C)c2ccccc2)cc1OC. The fraction of sp³-hybridized carbons (Fsp3) is 0.286. The standard InChI is InChI=1S/C21H25NO3/c1-21(2,17-8-6-5-7-9-17)15-22-20(23)13-11-16-10-12-18(24-3)19(14-16)25-4/h5-14H,15H2,1-4H3,(H,22,23)/b13-11+. The lowest BCUT2D eigenvalue weighted by Gasteiger charge is -2.25. The Morgan fingerprint density at radius 3 is 2.36 bits per heavy atom. The zero-order valence-corrected chi connectivity index (χ0v) is 15.2. The molecule has 0 fully saturated rings. The third-order valence-electron chi connectivity index (χ3n) is 4.09. The van der Waals surface area contributed by atoms with Crippen molar-refractivity contribution >= 4 is 12.0 Å². The highest BCUT2D eigenvalue weighted by Gasteiger charge is 2.20. The summed E-state index contributed by atoms with van der Waals surface area (Å²) in [5, 5.41) is 2.96. The molecule has 2 aromatic carbocycles. The highest BCUT2D eigenvalue weighted by molar-refractivity contribution is 5.91. The van der Waals surface area contributed by atoms with Crippen molar-refractivity contribution in [3.05, 3.63) is 65.7 Å². The van der Waals surface area contributed by atoms with Crippen LogP contribution in [0.15, 0.2) is 54.6 Å². The van der Waals surface area contributed by atoms with Gasteiger partial charge in [-0.15, -0.1) is 0 Å². The second-order valence-corrected chi connectivity index (χ2v) is 6.42. The highest BCUT2D eigenvalue weighted by Crippen LogP contribution is 2.28. The quantitative estimate of drug-likeness (QED) is 0.780. The van der Waals surface area contributed by atoms with E-state index in [1.165, 1.54) is 11.6 Å². The van der Waals surface area contributed by atoms with Gasteiger partial charge in [0.1, 0.15) is 0 Å². The molecule has 0 radical (unpaired) electrons. The van der Waals surface area contributed by atoms with Gasteiger partial charge < -0.3 is 14.8 Å². The van der Waals surface area contributed by atoms with Crippen molar-refractivity contribution in [3.63, 3.8) is 0 Å². The third-order valence-corrected chi connectivity index (χ3v) is 4.09. The van der Waals surface area contributed by atoms with Gasteiger partial charge in [0.05, 0.1) is 14.2 Å². The van der Waals surface area contributed by atoms with Crippen LogP contribution < -0.4 is 14.8 Å². The number of carbonyl (C=O) groups is 1. The number of hydrogen-bond acceptors (Lipinski definition) is 3. The van der Waals surface area contributed by atoms with Crippen molar-refractivity contribution in [2.24, 2.45) is 0 Å². The largest absolute Gasteiger partial charge is 0.493 e. The molecule has 0 saturated heterocycles. The Labute approximate surface area is 149 Å². The summed E-state index contributed by atoms with van der Waals surface area (Å²) in [5.74, 6) is 1.17. The molecular formula is C21H25NO3. The molecule has 4 heteroatoms. The van der Waals surface area contributed by atoms with Crippen LogP contribution in [0.2, 0.25) is 0 Å². The average molecular weight is 339 g/mol. The highest BCUT2D eigenvalue weighted by atomic mass is 16.5. The fourth-order valence-corrected chi connectivity index (χ4v) is 2.49. The molecule has 0 bridgehead atoms. The number of nitrogens with one attached hydrogen (secondary N) is 1. The van der Waals surface area contributed by atoms with E-state index in [4.69, 9.17) is 9.47 Å². The molecule has 0 spiro atoms. The minimum atomic E-state index is -0.131. The minimum absolute atomic E-state index is 0.126. The van der Waals surface area contributed by atoms with Crippen LogP contribution in [0.25, 0.3) is 6.08 Å². The smallest absolute Gasteiger partial charge is 0.244 e. The van der Waals surface area contributed by atoms with E-state index in [0.717, 1.165) is 5.56 Å². The van der Waals surface area contributed by atoms with Crippen molar-refractivity contribution in [1.82, 2.24) is 5.32 Å². The first-order chi connectivity index (χ1) is 12.0. The molecule has 1 amide bonds. The van der Waals surface area contributed by atoms with Crippen molar-refractivity contribution < 1.29 is 14.3 Å². The Hall–Kier alpha value is -2.75. The van der Waals surface area contributed by atoms with Gasteiger partial charge in [0, 0.05) is 18.0 Å². The van der Waals surface area contributed by atoms with Gasteiger partial charge in [0.2, 0.25) is 5.91 Å². The molecule has 25 heavy (non-hydrogen) atoms. The predicted molar refractivity (Wildman–Crippen MR) is 101 cm³/mol. The Balaban J connectivity index is 1.97. The summed E-state index contributed by atoms with van der Waals surface area (Å²) >= 11 is 0. The lowest BCUT2D eigenvalue weighted by atomic mass is 9.84. The van der Waals surface area contributed by atoms with Crippen LogP contribution in [0.5, 0.6) is 11.5 Å². The van der Waals surface area contributed by atoms with Crippen LogP contribution in [-0.2, 0) is 10.2 Å². The van der Waals surface area contributed by atoms with Gasteiger partial charge in [-0.25, -0.2) is 0 Å². The van der Waals surface area contributed by atoms with Gasteiger partial charge in [0.25, 0.3) is 0 Å². The van der Waals surface area contributed by atoms with Crippen LogP contribution in [0, 0.1) is 0 Å². The van der Waals surface area contributed by atoms with Crippen LogP contribution >= 0.6 is 0 Å². The van der Waals surface area contributed by atoms with E-state index < -0.39 is 0 Å². The van der Waals surface area contributed by atoms with Crippen molar-refractivity contribution in [3.8, 4) is 11.5 Å². The van der Waals surface area contributed by atoms with Crippen molar-refractivity contribution in [2.45, 2.75) is 19.3 Å². The minimum Gasteiger partial charge on any atom is -0.493 e. The maximum Gasteiger partial charge on any atom is 0.244 e. The second-order valence-electron chi connectivity index (χ2n) is 6.42. The molecule has 0 saturated carbocycles. The molecule has 0 aliphatic heterocycles. The summed E-state index contributed by atoms with van der Waals surface area (Å²) in [6.07, 6.45) is 3.29. The topological polar surface area (TPSA) is 47.6 Å². The number of ether oxygens (including phenoxy) is 2. The average Bonchev–Trinajstić information content (AvgIpc) is 2.65. The zero-order chi connectivity index (χ0) is 18.3. The Bertz CT molecular complexity index is 736. The molecule has 0 heterocycles. The van der Waals surface area contributed by atoms with E-state index in [2.05, 4.69) is 31.3 Å². The Morgan fingerprint density at radius 2 is 1.72 bits per heavy atom. The molecule has 0 atom stereocenters. The molecule has 4 nitrogen and oxygen atoms in total. The molecule has 0 aliphatic rings. The van der Waals surface area contributed by atoms with Crippen LogP contribution in [0.4, 0.5) is 0 Å². The fourth-order valence-electron chi connectivity index (χ4n) is 2.49. The molecule has 2 rings (SSSR count). The summed E-state index contributed by atoms with van der Waals surface area (Å²) < 4.78 is 10.5. The van der Waals surface area contributed by atoms with Gasteiger partial charge in [0.15, 0.2) is 11.5 Å². The Morgan fingerprint density at radius 1 is 1.04 bits per heavy atom. The number of benzene rings is 2. The first kappa shape index (κ1) is 18.6. The first-order valence-corrected chi connectivity index (χ1v) is 8.20. The molecule has 0 aromatic heterocycles. The van der Waals surface area contributed by atoms with Crippen molar-refractivity contribution in [1.29, 1.82) is 0 Å². The van der Waals surface area contributed by atoms with Gasteiger partial charge in [-0.1, -0.05) is 50.2 Å². The predicted octanol–water partition coefficient (Wildman–Crippen LogP) is 3.81. The van der Waals surface area contributed by atoms with E-state index in [1.807, 2.05) is 36.4 Å². The van der Waals surface area contributed by atoms with E-state index >= 15 is 0 Å². The summed E-state index contributed by atoms with van der Waals surface area (Å²) in [5.41, 5.74) is 1.93. The maximum atomic E-state index is 12.1. The molecular weight excluding hydrogens is 314 g/mol. The third kappa shape index (κ3) is 5.11. The van der Waals surface area contributed by atoms with Gasteiger partial charge in [-0.2, -0.15) is 0 Å².